The summed E-state index contributed by atoms with van der Waals surface area (Å²) in [6.07, 6.45) is -1.40. The molecule has 0 fully saturated rings. The number of alkyl halides is 2. The van der Waals surface area contributed by atoms with E-state index in [4.69, 9.17) is 5.73 Å². The molecule has 0 aromatic carbocycles. The van der Waals surface area contributed by atoms with Crippen molar-refractivity contribution in [3.63, 3.8) is 0 Å². The number of aromatic nitrogens is 2. The quantitative estimate of drug-likeness (QED) is 0.732. The first-order valence-electron chi connectivity index (χ1n) is 3.87. The zero-order chi connectivity index (χ0) is 10.7. The minimum absolute atomic E-state index is 0.0344. The molecule has 1 heterocycles. The van der Waals surface area contributed by atoms with Crippen molar-refractivity contribution in [3.05, 3.63) is 11.9 Å². The van der Waals surface area contributed by atoms with Gasteiger partial charge in [-0.15, -0.1) is 0 Å². The van der Waals surface area contributed by atoms with Crippen molar-refractivity contribution in [2.45, 2.75) is 13.0 Å². The van der Waals surface area contributed by atoms with Gasteiger partial charge < -0.3 is 11.1 Å². The van der Waals surface area contributed by atoms with Gasteiger partial charge in [0.2, 0.25) is 0 Å². The van der Waals surface area contributed by atoms with E-state index in [-0.39, 0.29) is 11.4 Å². The third-order valence-corrected chi connectivity index (χ3v) is 1.62. The predicted molar refractivity (Wildman–Crippen MR) is 46.0 cm³/mol. The highest BCUT2D eigenvalue weighted by Crippen LogP contribution is 2.11. The molecule has 0 spiro atoms. The minimum Gasteiger partial charge on any atom is -0.396 e. The second-order valence-corrected chi connectivity index (χ2v) is 2.60. The molecule has 0 atom stereocenters. The van der Waals surface area contributed by atoms with Crippen LogP contribution in [0.4, 0.5) is 14.5 Å². The van der Waals surface area contributed by atoms with Crippen molar-refractivity contribution < 1.29 is 13.6 Å². The molecule has 7 heteroatoms. The first kappa shape index (κ1) is 10.4. The molecule has 78 valence electrons. The molecule has 0 radical (unpaired) electrons. The minimum atomic E-state index is -2.57. The molecule has 0 unspecified atom stereocenters. The number of halogens is 2. The van der Waals surface area contributed by atoms with Gasteiger partial charge in [-0.25, -0.2) is 8.78 Å². The van der Waals surface area contributed by atoms with E-state index in [1.165, 1.54) is 13.2 Å². The summed E-state index contributed by atoms with van der Waals surface area (Å²) in [6.45, 7) is -0.639. The zero-order valence-corrected chi connectivity index (χ0v) is 7.50. The second kappa shape index (κ2) is 4.03. The average Bonchev–Trinajstić information content (AvgIpc) is 2.45. The summed E-state index contributed by atoms with van der Waals surface area (Å²) in [4.78, 5) is 11.2. The summed E-state index contributed by atoms with van der Waals surface area (Å²) in [7, 11) is 1.39. The Hall–Kier alpha value is -1.66. The number of amides is 1. The normalized spacial score (nSPS) is 10.6. The summed E-state index contributed by atoms with van der Waals surface area (Å²) in [5.41, 5.74) is 5.46. The van der Waals surface area contributed by atoms with Gasteiger partial charge in [0.15, 0.2) is 0 Å². The van der Waals surface area contributed by atoms with Crippen LogP contribution in [0.5, 0.6) is 0 Å². The van der Waals surface area contributed by atoms with Crippen molar-refractivity contribution in [2.24, 2.45) is 0 Å². The number of carbonyl (C=O) groups is 1. The largest absolute Gasteiger partial charge is 0.396 e. The van der Waals surface area contributed by atoms with Crippen molar-refractivity contribution >= 4 is 11.6 Å². The summed E-state index contributed by atoms with van der Waals surface area (Å²) in [5.74, 6) is -0.527. The van der Waals surface area contributed by atoms with Crippen molar-refractivity contribution in [2.75, 3.05) is 12.8 Å². The van der Waals surface area contributed by atoms with E-state index < -0.39 is 18.9 Å². The Morgan fingerprint density at radius 3 is 2.93 bits per heavy atom. The Bertz CT molecular complexity index is 336. The van der Waals surface area contributed by atoms with Crippen LogP contribution in [-0.4, -0.2) is 29.2 Å². The average molecular weight is 204 g/mol. The van der Waals surface area contributed by atoms with Gasteiger partial charge in [-0.1, -0.05) is 0 Å². The molecule has 0 aliphatic carbocycles. The van der Waals surface area contributed by atoms with Crippen LogP contribution in [0.1, 0.15) is 10.5 Å². The molecular formula is C7H10F2N4O. The molecule has 0 saturated carbocycles. The topological polar surface area (TPSA) is 72.9 Å². The van der Waals surface area contributed by atoms with Crippen LogP contribution in [0.3, 0.4) is 0 Å². The maximum absolute atomic E-state index is 12.0. The number of nitrogen functional groups attached to an aromatic ring is 1. The standard InChI is InChI=1S/C7H10F2N4O/c1-11-7(14)6-4(10)2-12-13(6)3-5(8)9/h2,5H,3,10H2,1H3,(H,11,14). The summed E-state index contributed by atoms with van der Waals surface area (Å²) >= 11 is 0. The number of hydrogen-bond donors (Lipinski definition) is 2. The lowest BCUT2D eigenvalue weighted by Crippen LogP contribution is -2.24. The first-order valence-corrected chi connectivity index (χ1v) is 3.87. The van der Waals surface area contributed by atoms with E-state index in [1.807, 2.05) is 0 Å². The summed E-state index contributed by atoms with van der Waals surface area (Å²) in [6, 6.07) is 0. The van der Waals surface area contributed by atoms with Gasteiger partial charge in [0.25, 0.3) is 12.3 Å². The van der Waals surface area contributed by atoms with Crippen LogP contribution < -0.4 is 11.1 Å². The lowest BCUT2D eigenvalue weighted by atomic mass is 10.3. The zero-order valence-electron chi connectivity index (χ0n) is 7.50. The Balaban J connectivity index is 3.00. The molecule has 0 bridgehead atoms. The van der Waals surface area contributed by atoms with Gasteiger partial charge in [0.05, 0.1) is 11.9 Å². The van der Waals surface area contributed by atoms with E-state index >= 15 is 0 Å². The fourth-order valence-corrected chi connectivity index (χ4v) is 1.04. The third-order valence-electron chi connectivity index (χ3n) is 1.62. The van der Waals surface area contributed by atoms with E-state index in [2.05, 4.69) is 10.4 Å². The number of nitrogens with zero attached hydrogens (tertiary/aromatic N) is 2. The number of nitrogens with two attached hydrogens (primary N) is 1. The summed E-state index contributed by atoms with van der Waals surface area (Å²) < 4.78 is 25.0. The smallest absolute Gasteiger partial charge is 0.271 e. The number of rotatable bonds is 3. The molecule has 1 amide bonds. The van der Waals surface area contributed by atoms with Crippen LogP contribution >= 0.6 is 0 Å². The van der Waals surface area contributed by atoms with Gasteiger partial charge in [0.1, 0.15) is 12.2 Å². The molecule has 1 aromatic heterocycles. The molecule has 3 N–H and O–H groups in total. The van der Waals surface area contributed by atoms with Crippen molar-refractivity contribution in [3.8, 4) is 0 Å². The van der Waals surface area contributed by atoms with Gasteiger partial charge in [-0.05, 0) is 0 Å². The number of anilines is 1. The van der Waals surface area contributed by atoms with Crippen LogP contribution in [0.2, 0.25) is 0 Å². The lowest BCUT2D eigenvalue weighted by molar-refractivity contribution is 0.0934. The lowest BCUT2D eigenvalue weighted by Gasteiger charge is -2.05. The molecule has 5 nitrogen and oxygen atoms in total. The van der Waals surface area contributed by atoms with Crippen LogP contribution in [-0.2, 0) is 6.54 Å². The Morgan fingerprint density at radius 1 is 1.79 bits per heavy atom. The molecule has 0 saturated heterocycles. The van der Waals surface area contributed by atoms with Crippen molar-refractivity contribution in [1.82, 2.24) is 15.1 Å². The van der Waals surface area contributed by atoms with Crippen LogP contribution in [0, 0.1) is 0 Å². The van der Waals surface area contributed by atoms with E-state index in [0.717, 1.165) is 4.68 Å². The molecule has 14 heavy (non-hydrogen) atoms. The maximum Gasteiger partial charge on any atom is 0.271 e. The number of nitrogens with one attached hydrogen (secondary N) is 1. The Morgan fingerprint density at radius 2 is 2.43 bits per heavy atom. The van der Waals surface area contributed by atoms with E-state index in [1.54, 1.807) is 0 Å². The highest BCUT2D eigenvalue weighted by atomic mass is 19.3. The molecule has 0 aliphatic heterocycles. The van der Waals surface area contributed by atoms with Gasteiger partial charge in [0, 0.05) is 7.05 Å². The van der Waals surface area contributed by atoms with Gasteiger partial charge in [-0.3, -0.25) is 9.48 Å². The Labute approximate surface area is 78.9 Å². The predicted octanol–water partition coefficient (Wildman–Crippen LogP) is 0.0900. The summed E-state index contributed by atoms with van der Waals surface area (Å²) in [5, 5.41) is 5.87. The number of carbonyl (C=O) groups excluding carboxylic acids is 1. The van der Waals surface area contributed by atoms with Crippen LogP contribution in [0.25, 0.3) is 0 Å². The maximum atomic E-state index is 12.0. The molecular weight excluding hydrogens is 194 g/mol. The number of hydrogen-bond acceptors (Lipinski definition) is 3. The van der Waals surface area contributed by atoms with Crippen molar-refractivity contribution in [1.29, 1.82) is 0 Å². The molecule has 1 rings (SSSR count). The molecule has 1 aromatic rings. The second-order valence-electron chi connectivity index (χ2n) is 2.60. The highest BCUT2D eigenvalue weighted by molar-refractivity contribution is 5.97. The third kappa shape index (κ3) is 1.98. The van der Waals surface area contributed by atoms with Gasteiger partial charge in [-0.2, -0.15) is 5.10 Å². The first-order chi connectivity index (χ1) is 6.56. The van der Waals surface area contributed by atoms with E-state index in [0.29, 0.717) is 0 Å². The Kier molecular flexibility index (Phi) is 3.00. The monoisotopic (exact) mass is 204 g/mol. The van der Waals surface area contributed by atoms with Crippen LogP contribution in [0.15, 0.2) is 6.20 Å². The SMILES string of the molecule is CNC(=O)c1c(N)cnn1CC(F)F. The fraction of sp³-hybridized carbons (Fsp3) is 0.429. The molecule has 0 aliphatic rings. The van der Waals surface area contributed by atoms with E-state index in [9.17, 15) is 13.6 Å². The highest BCUT2D eigenvalue weighted by Gasteiger charge is 2.17. The fourth-order valence-electron chi connectivity index (χ4n) is 1.04. The van der Waals surface area contributed by atoms with Gasteiger partial charge >= 0.3 is 0 Å².